The maximum Gasteiger partial charge on any atom is 0.309 e. The number of nitrogens with two attached hydrogens (primary N) is 1. The molecule has 3 aromatic carbocycles. The number of primary sulfonamides is 1. The molecule has 0 radical (unpaired) electrons. The zero-order valence-corrected chi connectivity index (χ0v) is 19.7. The summed E-state index contributed by atoms with van der Waals surface area (Å²) in [5.41, 5.74) is 1.46. The molecule has 0 aliphatic carbocycles. The van der Waals surface area contributed by atoms with Crippen LogP contribution in [0.25, 0.3) is 0 Å². The standard InChI is InChI=1S/C25H25N3O6S/c1-17(24(30)27-20-12-14-21(15-13-20)35(26,32)33)34-23(29)16-22(18-8-4-2-5-9-18)28-25(31)19-10-6-3-7-11-19/h2-15,17,22H,16H2,1H3,(H,27,30)(H,28,31)(H2,26,32,33)/t17-,22-/m0/s1. The quantitative estimate of drug-likeness (QED) is 0.389. The highest BCUT2D eigenvalue weighted by Gasteiger charge is 2.24. The third kappa shape index (κ3) is 7.49. The Balaban J connectivity index is 1.62. The van der Waals surface area contributed by atoms with Crippen molar-refractivity contribution in [2.45, 2.75) is 30.4 Å². The first-order valence-electron chi connectivity index (χ1n) is 10.7. The molecule has 9 nitrogen and oxygen atoms in total. The molecule has 0 saturated carbocycles. The van der Waals surface area contributed by atoms with Crippen LogP contribution in [0.15, 0.2) is 89.8 Å². The molecule has 4 N–H and O–H groups in total. The molecule has 0 saturated heterocycles. The zero-order valence-electron chi connectivity index (χ0n) is 18.9. The number of anilines is 1. The molecule has 0 fully saturated rings. The number of carbonyl (C=O) groups is 3. The molecule has 182 valence electrons. The molecule has 10 heteroatoms. The van der Waals surface area contributed by atoms with Crippen molar-refractivity contribution < 1.29 is 27.5 Å². The molecular formula is C25H25N3O6S. The van der Waals surface area contributed by atoms with Gasteiger partial charge in [-0.15, -0.1) is 0 Å². The van der Waals surface area contributed by atoms with Crippen LogP contribution in [0.1, 0.15) is 35.3 Å². The van der Waals surface area contributed by atoms with Crippen molar-refractivity contribution in [3.05, 3.63) is 96.1 Å². The number of ether oxygens (including phenoxy) is 1. The van der Waals surface area contributed by atoms with Crippen molar-refractivity contribution in [2.75, 3.05) is 5.32 Å². The topological polar surface area (TPSA) is 145 Å². The van der Waals surface area contributed by atoms with Gasteiger partial charge in [-0.2, -0.15) is 0 Å². The van der Waals surface area contributed by atoms with Crippen molar-refractivity contribution in [1.29, 1.82) is 0 Å². The summed E-state index contributed by atoms with van der Waals surface area (Å²) in [6, 6.07) is 22.1. The van der Waals surface area contributed by atoms with Gasteiger partial charge in [0.2, 0.25) is 10.0 Å². The molecular weight excluding hydrogens is 470 g/mol. The second-order valence-electron chi connectivity index (χ2n) is 7.70. The fourth-order valence-electron chi connectivity index (χ4n) is 3.21. The Kier molecular flexibility index (Phi) is 8.34. The molecule has 0 aliphatic heterocycles. The first-order chi connectivity index (χ1) is 16.6. The minimum absolute atomic E-state index is 0.0977. The predicted octanol–water partition coefficient (Wildman–Crippen LogP) is 2.77. The molecule has 3 rings (SSSR count). The SMILES string of the molecule is C[C@H](OC(=O)C[C@H](NC(=O)c1ccccc1)c1ccccc1)C(=O)Nc1ccc(S(N)(=O)=O)cc1. The highest BCUT2D eigenvalue weighted by atomic mass is 32.2. The van der Waals surface area contributed by atoms with E-state index in [2.05, 4.69) is 10.6 Å². The number of carbonyl (C=O) groups excluding carboxylic acids is 3. The third-order valence-corrected chi connectivity index (χ3v) is 5.97. The predicted molar refractivity (Wildman–Crippen MR) is 130 cm³/mol. The summed E-state index contributed by atoms with van der Waals surface area (Å²) in [7, 11) is -3.85. The van der Waals surface area contributed by atoms with Crippen molar-refractivity contribution >= 4 is 33.5 Å². The summed E-state index contributed by atoms with van der Waals surface area (Å²) < 4.78 is 28.0. The maximum absolute atomic E-state index is 12.7. The summed E-state index contributed by atoms with van der Waals surface area (Å²) in [5, 5.41) is 10.4. The van der Waals surface area contributed by atoms with E-state index in [0.717, 1.165) is 0 Å². The first-order valence-corrected chi connectivity index (χ1v) is 12.2. The summed E-state index contributed by atoms with van der Waals surface area (Å²) >= 11 is 0. The number of sulfonamides is 1. The van der Waals surface area contributed by atoms with Crippen LogP contribution in [-0.2, 0) is 24.3 Å². The fourth-order valence-corrected chi connectivity index (χ4v) is 3.72. The molecule has 0 bridgehead atoms. The Morgan fingerprint density at radius 2 is 1.46 bits per heavy atom. The lowest BCUT2D eigenvalue weighted by atomic mass is 10.0. The number of hydrogen-bond donors (Lipinski definition) is 3. The van der Waals surface area contributed by atoms with Crippen LogP contribution in [0.4, 0.5) is 5.69 Å². The van der Waals surface area contributed by atoms with Gasteiger partial charge < -0.3 is 15.4 Å². The van der Waals surface area contributed by atoms with Crippen molar-refractivity contribution in [3.63, 3.8) is 0 Å². The summed E-state index contributed by atoms with van der Waals surface area (Å²) in [5.74, 6) is -1.63. The van der Waals surface area contributed by atoms with Crippen LogP contribution in [-0.4, -0.2) is 32.3 Å². The van der Waals surface area contributed by atoms with Gasteiger partial charge in [-0.3, -0.25) is 14.4 Å². The van der Waals surface area contributed by atoms with Crippen LogP contribution < -0.4 is 15.8 Å². The number of amides is 2. The van der Waals surface area contributed by atoms with E-state index >= 15 is 0 Å². The van der Waals surface area contributed by atoms with Crippen LogP contribution in [0.2, 0.25) is 0 Å². The maximum atomic E-state index is 12.7. The molecule has 2 amide bonds. The second-order valence-corrected chi connectivity index (χ2v) is 9.26. The zero-order chi connectivity index (χ0) is 25.4. The van der Waals surface area contributed by atoms with E-state index in [9.17, 15) is 22.8 Å². The van der Waals surface area contributed by atoms with E-state index in [1.165, 1.54) is 31.2 Å². The highest BCUT2D eigenvalue weighted by Crippen LogP contribution is 2.19. The molecule has 0 aliphatic rings. The Morgan fingerprint density at radius 1 is 0.886 bits per heavy atom. The van der Waals surface area contributed by atoms with E-state index in [1.54, 1.807) is 54.6 Å². The van der Waals surface area contributed by atoms with Gasteiger partial charge in [-0.1, -0.05) is 48.5 Å². The average molecular weight is 496 g/mol. The van der Waals surface area contributed by atoms with Crippen molar-refractivity contribution in [3.8, 4) is 0 Å². The van der Waals surface area contributed by atoms with Crippen LogP contribution in [0.3, 0.4) is 0 Å². The first kappa shape index (κ1) is 25.6. The van der Waals surface area contributed by atoms with E-state index in [0.29, 0.717) is 16.8 Å². The molecule has 0 spiro atoms. The van der Waals surface area contributed by atoms with E-state index in [4.69, 9.17) is 9.88 Å². The van der Waals surface area contributed by atoms with E-state index in [-0.39, 0.29) is 17.2 Å². The van der Waals surface area contributed by atoms with E-state index < -0.39 is 34.0 Å². The minimum Gasteiger partial charge on any atom is -0.452 e. The summed E-state index contributed by atoms with van der Waals surface area (Å²) in [6.07, 6.45) is -1.33. The molecule has 35 heavy (non-hydrogen) atoms. The van der Waals surface area contributed by atoms with Crippen molar-refractivity contribution in [2.24, 2.45) is 5.14 Å². The van der Waals surface area contributed by atoms with E-state index in [1.807, 2.05) is 6.07 Å². The average Bonchev–Trinajstić information content (AvgIpc) is 2.84. The molecule has 2 atom stereocenters. The summed E-state index contributed by atoms with van der Waals surface area (Å²) in [6.45, 7) is 1.41. The monoisotopic (exact) mass is 495 g/mol. The van der Waals surface area contributed by atoms with Crippen molar-refractivity contribution in [1.82, 2.24) is 5.32 Å². The third-order valence-electron chi connectivity index (χ3n) is 5.04. The number of esters is 1. The smallest absolute Gasteiger partial charge is 0.309 e. The van der Waals surface area contributed by atoms with Gasteiger partial charge >= 0.3 is 5.97 Å². The normalized spacial score (nSPS) is 12.7. The molecule has 0 unspecified atom stereocenters. The van der Waals surface area contributed by atoms with Gasteiger partial charge in [-0.05, 0) is 48.9 Å². The number of benzene rings is 3. The summed E-state index contributed by atoms with van der Waals surface area (Å²) in [4.78, 5) is 37.6. The van der Waals surface area contributed by atoms with Gasteiger partial charge in [0.15, 0.2) is 6.10 Å². The Hall–Kier alpha value is -4.02. The van der Waals surface area contributed by atoms with Gasteiger partial charge in [0, 0.05) is 11.3 Å². The largest absolute Gasteiger partial charge is 0.452 e. The lowest BCUT2D eigenvalue weighted by Crippen LogP contribution is -2.33. The number of nitrogens with one attached hydrogen (secondary N) is 2. The fraction of sp³-hybridized carbons (Fsp3) is 0.160. The Bertz CT molecular complexity index is 1280. The lowest BCUT2D eigenvalue weighted by Gasteiger charge is -2.20. The lowest BCUT2D eigenvalue weighted by molar-refractivity contribution is -0.153. The number of hydrogen-bond acceptors (Lipinski definition) is 6. The van der Waals surface area contributed by atoms with Crippen LogP contribution in [0.5, 0.6) is 0 Å². The van der Waals surface area contributed by atoms with Crippen LogP contribution in [0, 0.1) is 0 Å². The van der Waals surface area contributed by atoms with Gasteiger partial charge in [-0.25, -0.2) is 13.6 Å². The van der Waals surface area contributed by atoms with Gasteiger partial charge in [0.25, 0.3) is 11.8 Å². The second kappa shape index (κ2) is 11.4. The molecule has 3 aromatic rings. The highest BCUT2D eigenvalue weighted by molar-refractivity contribution is 7.89. The molecule has 0 aromatic heterocycles. The van der Waals surface area contributed by atoms with Gasteiger partial charge in [0.05, 0.1) is 17.4 Å². The minimum atomic E-state index is -3.85. The Labute approximate surface area is 203 Å². The Morgan fingerprint density at radius 3 is 2.03 bits per heavy atom. The van der Waals surface area contributed by atoms with Gasteiger partial charge in [0.1, 0.15) is 0 Å². The van der Waals surface area contributed by atoms with Crippen LogP contribution >= 0.6 is 0 Å². The molecule has 0 heterocycles. The number of rotatable bonds is 9.